The SMILES string of the molecule is O=C(O)CNCCN(c1nncs1)S(=O)(=O)O. The number of carboxylic acid groups (broad SMARTS) is 1. The monoisotopic (exact) mass is 282 g/mol. The van der Waals surface area contributed by atoms with Crippen LogP contribution in [0.3, 0.4) is 0 Å². The molecule has 1 aromatic heterocycles. The summed E-state index contributed by atoms with van der Waals surface area (Å²) in [5, 5.41) is 17.8. The molecule has 96 valence electrons. The predicted molar refractivity (Wildman–Crippen MR) is 59.3 cm³/mol. The summed E-state index contributed by atoms with van der Waals surface area (Å²) in [5.74, 6) is -1.06. The van der Waals surface area contributed by atoms with E-state index in [-0.39, 0.29) is 24.8 Å². The minimum absolute atomic E-state index is 0.0182. The lowest BCUT2D eigenvalue weighted by Crippen LogP contribution is -2.37. The highest BCUT2D eigenvalue weighted by atomic mass is 32.2. The lowest BCUT2D eigenvalue weighted by molar-refractivity contribution is -0.135. The molecule has 3 N–H and O–H groups in total. The number of aromatic nitrogens is 2. The van der Waals surface area contributed by atoms with Gasteiger partial charge in [0.2, 0.25) is 5.13 Å². The van der Waals surface area contributed by atoms with Crippen LogP contribution in [0, 0.1) is 0 Å². The molecule has 0 saturated heterocycles. The van der Waals surface area contributed by atoms with Crippen molar-refractivity contribution in [3.05, 3.63) is 5.51 Å². The van der Waals surface area contributed by atoms with Gasteiger partial charge < -0.3 is 10.4 Å². The number of nitrogens with one attached hydrogen (secondary N) is 1. The molecule has 0 aromatic carbocycles. The highest BCUT2D eigenvalue weighted by Crippen LogP contribution is 2.17. The molecule has 0 aliphatic rings. The molecular weight excluding hydrogens is 272 g/mol. The first kappa shape index (κ1) is 13.8. The van der Waals surface area contributed by atoms with Gasteiger partial charge in [0.25, 0.3) is 0 Å². The van der Waals surface area contributed by atoms with Crippen LogP contribution >= 0.6 is 11.3 Å². The standard InChI is InChI=1S/C6H10N4O5S2/c11-5(12)3-7-1-2-10(17(13,14)15)6-9-8-4-16-6/h4,7H,1-3H2,(H,11,12)(H,13,14,15). The average molecular weight is 282 g/mol. The fraction of sp³-hybridized carbons (Fsp3) is 0.500. The largest absolute Gasteiger partial charge is 0.480 e. The summed E-state index contributed by atoms with van der Waals surface area (Å²) in [6, 6.07) is 0. The molecule has 0 unspecified atom stereocenters. The molecule has 9 nitrogen and oxygen atoms in total. The Morgan fingerprint density at radius 2 is 2.29 bits per heavy atom. The van der Waals surface area contributed by atoms with Crippen molar-refractivity contribution in [2.24, 2.45) is 0 Å². The van der Waals surface area contributed by atoms with Gasteiger partial charge in [-0.1, -0.05) is 11.3 Å². The van der Waals surface area contributed by atoms with E-state index in [0.717, 1.165) is 11.3 Å². The molecule has 11 heteroatoms. The molecule has 1 aromatic rings. The van der Waals surface area contributed by atoms with Crippen molar-refractivity contribution in [1.29, 1.82) is 0 Å². The first-order valence-electron chi connectivity index (χ1n) is 4.35. The van der Waals surface area contributed by atoms with Crippen LogP contribution in [0.15, 0.2) is 5.51 Å². The van der Waals surface area contributed by atoms with Crippen molar-refractivity contribution in [2.45, 2.75) is 0 Å². The Balaban J connectivity index is 2.58. The highest BCUT2D eigenvalue weighted by molar-refractivity contribution is 7.87. The van der Waals surface area contributed by atoms with Crippen molar-refractivity contribution >= 4 is 32.7 Å². The topological polar surface area (TPSA) is 133 Å². The van der Waals surface area contributed by atoms with Gasteiger partial charge in [-0.05, 0) is 0 Å². The van der Waals surface area contributed by atoms with Crippen molar-refractivity contribution < 1.29 is 22.9 Å². The van der Waals surface area contributed by atoms with Crippen LogP contribution in [0.25, 0.3) is 0 Å². The first-order valence-corrected chi connectivity index (χ1v) is 6.62. The Morgan fingerprint density at radius 3 is 2.76 bits per heavy atom. The van der Waals surface area contributed by atoms with Gasteiger partial charge >= 0.3 is 16.3 Å². The van der Waals surface area contributed by atoms with Crippen LogP contribution in [0.2, 0.25) is 0 Å². The van der Waals surface area contributed by atoms with Crippen molar-refractivity contribution in [1.82, 2.24) is 15.5 Å². The van der Waals surface area contributed by atoms with Crippen molar-refractivity contribution in [3.8, 4) is 0 Å². The van der Waals surface area contributed by atoms with Gasteiger partial charge in [-0.25, -0.2) is 4.31 Å². The summed E-state index contributed by atoms with van der Waals surface area (Å²) >= 11 is 0.943. The van der Waals surface area contributed by atoms with E-state index < -0.39 is 16.3 Å². The maximum Gasteiger partial charge on any atom is 0.361 e. The summed E-state index contributed by atoms with van der Waals surface area (Å²) in [6.45, 7) is -0.373. The number of hydrogen-bond donors (Lipinski definition) is 3. The van der Waals surface area contributed by atoms with Gasteiger partial charge in [0.05, 0.1) is 13.1 Å². The summed E-state index contributed by atoms with van der Waals surface area (Å²) < 4.78 is 31.7. The van der Waals surface area contributed by atoms with Gasteiger partial charge in [0.1, 0.15) is 5.51 Å². The van der Waals surface area contributed by atoms with E-state index in [2.05, 4.69) is 15.5 Å². The van der Waals surface area contributed by atoms with E-state index in [1.165, 1.54) is 5.51 Å². The second-order valence-corrected chi connectivity index (χ2v) is 4.99. The molecule has 0 spiro atoms. The van der Waals surface area contributed by atoms with Gasteiger partial charge in [-0.3, -0.25) is 9.35 Å². The lowest BCUT2D eigenvalue weighted by Gasteiger charge is -2.16. The van der Waals surface area contributed by atoms with E-state index in [4.69, 9.17) is 9.66 Å². The molecule has 0 saturated carbocycles. The second kappa shape index (κ2) is 5.86. The van der Waals surface area contributed by atoms with Gasteiger partial charge in [-0.15, -0.1) is 10.2 Å². The Bertz CT molecular complexity index is 459. The first-order chi connectivity index (χ1) is 7.91. The molecule has 0 radical (unpaired) electrons. The molecule has 0 fully saturated rings. The predicted octanol–water partition coefficient (Wildman–Crippen LogP) is -1.18. The van der Waals surface area contributed by atoms with Crippen LogP contribution < -0.4 is 9.62 Å². The number of nitrogens with zero attached hydrogens (tertiary/aromatic N) is 3. The van der Waals surface area contributed by atoms with Crippen LogP contribution in [0.4, 0.5) is 5.13 Å². The lowest BCUT2D eigenvalue weighted by atomic mass is 10.5. The molecule has 0 aliphatic carbocycles. The van der Waals surface area contributed by atoms with Crippen LogP contribution in [-0.4, -0.2) is 53.9 Å². The average Bonchev–Trinajstić information content (AvgIpc) is 2.67. The Hall–Kier alpha value is -1.30. The zero-order valence-electron chi connectivity index (χ0n) is 8.48. The van der Waals surface area contributed by atoms with Crippen LogP contribution in [0.1, 0.15) is 0 Å². The smallest absolute Gasteiger partial charge is 0.361 e. The maximum atomic E-state index is 11.0. The number of rotatable bonds is 7. The Labute approximate surface area is 101 Å². The number of hydrogen-bond acceptors (Lipinski definition) is 7. The summed E-state index contributed by atoms with van der Waals surface area (Å²) in [7, 11) is -4.43. The second-order valence-electron chi connectivity index (χ2n) is 2.84. The van der Waals surface area contributed by atoms with E-state index >= 15 is 0 Å². The Morgan fingerprint density at radius 1 is 1.59 bits per heavy atom. The molecule has 1 heterocycles. The van der Waals surface area contributed by atoms with E-state index in [0.29, 0.717) is 4.31 Å². The van der Waals surface area contributed by atoms with E-state index in [1.807, 2.05) is 0 Å². The fourth-order valence-corrected chi connectivity index (χ4v) is 2.42. The van der Waals surface area contributed by atoms with Gasteiger partial charge in [0, 0.05) is 6.54 Å². The number of aliphatic carboxylic acids is 1. The van der Waals surface area contributed by atoms with Crippen LogP contribution in [-0.2, 0) is 15.1 Å². The fourth-order valence-electron chi connectivity index (χ4n) is 0.962. The van der Waals surface area contributed by atoms with Crippen molar-refractivity contribution in [2.75, 3.05) is 23.9 Å². The molecule has 0 bridgehead atoms. The van der Waals surface area contributed by atoms with Gasteiger partial charge in [-0.2, -0.15) is 8.42 Å². The van der Waals surface area contributed by atoms with Crippen LogP contribution in [0.5, 0.6) is 0 Å². The normalized spacial score (nSPS) is 11.4. The quantitative estimate of drug-likeness (QED) is 0.420. The third-order valence-corrected chi connectivity index (χ3v) is 3.35. The number of carbonyl (C=O) groups is 1. The molecule has 0 aliphatic heterocycles. The van der Waals surface area contributed by atoms with E-state index in [9.17, 15) is 13.2 Å². The third-order valence-electron chi connectivity index (χ3n) is 1.61. The summed E-state index contributed by atoms with van der Waals surface area (Å²) in [5.41, 5.74) is 1.32. The van der Waals surface area contributed by atoms with Gasteiger partial charge in [0.15, 0.2) is 0 Å². The summed E-state index contributed by atoms with van der Waals surface area (Å²) in [4.78, 5) is 10.2. The maximum absolute atomic E-state index is 11.0. The number of carboxylic acids is 1. The molecule has 0 atom stereocenters. The molecule has 17 heavy (non-hydrogen) atoms. The summed E-state index contributed by atoms with van der Waals surface area (Å²) in [6.07, 6.45) is 0. The van der Waals surface area contributed by atoms with E-state index in [1.54, 1.807) is 0 Å². The molecule has 1 rings (SSSR count). The highest BCUT2D eigenvalue weighted by Gasteiger charge is 2.21. The zero-order chi connectivity index (χ0) is 12.9. The minimum atomic E-state index is -4.43. The Kier molecular flexibility index (Phi) is 4.74. The zero-order valence-corrected chi connectivity index (χ0v) is 10.1. The van der Waals surface area contributed by atoms with Crippen molar-refractivity contribution in [3.63, 3.8) is 0 Å². The third kappa shape index (κ3) is 4.60. The number of anilines is 1. The molecule has 0 amide bonds. The molecular formula is C6H10N4O5S2. The minimum Gasteiger partial charge on any atom is -0.480 e.